The van der Waals surface area contributed by atoms with Crippen LogP contribution in [0, 0.1) is 0 Å². The molecule has 210 valence electrons. The number of imidazole rings is 1. The number of ether oxygens (including phenoxy) is 3. The Kier molecular flexibility index (Phi) is 6.64. The van der Waals surface area contributed by atoms with Crippen LogP contribution in [-0.4, -0.2) is 48.7 Å². The van der Waals surface area contributed by atoms with Gasteiger partial charge in [0.05, 0.1) is 25.3 Å². The van der Waals surface area contributed by atoms with Crippen LogP contribution in [0.25, 0.3) is 33.8 Å². The molecule has 41 heavy (non-hydrogen) atoms. The van der Waals surface area contributed by atoms with Crippen LogP contribution >= 0.6 is 0 Å². The van der Waals surface area contributed by atoms with Crippen LogP contribution in [0.5, 0.6) is 17.5 Å². The normalized spacial score (nSPS) is 13.4. The van der Waals surface area contributed by atoms with Crippen molar-refractivity contribution >= 4 is 11.0 Å². The van der Waals surface area contributed by atoms with Crippen molar-refractivity contribution in [3.05, 3.63) is 66.0 Å². The SMILES string of the molecule is COc1cc(-c2nc(C(F)(F)F)cn2C)ccc1COc1nc(-c2c(OC)ncnc2C2CC2)nc2ncccc12. The third kappa shape index (κ3) is 5.10. The molecule has 4 heterocycles. The molecule has 10 nitrogen and oxygen atoms in total. The molecule has 5 aromatic rings. The van der Waals surface area contributed by atoms with E-state index in [1.165, 1.54) is 32.2 Å². The minimum Gasteiger partial charge on any atom is -0.496 e. The number of nitrogens with zero attached hydrogens (tertiary/aromatic N) is 7. The quantitative estimate of drug-likeness (QED) is 0.246. The largest absolute Gasteiger partial charge is 0.496 e. The van der Waals surface area contributed by atoms with E-state index in [4.69, 9.17) is 19.2 Å². The molecular weight excluding hydrogens is 539 g/mol. The Morgan fingerprint density at radius 2 is 1.80 bits per heavy atom. The van der Waals surface area contributed by atoms with Crippen molar-refractivity contribution in [2.75, 3.05) is 14.2 Å². The van der Waals surface area contributed by atoms with Crippen LogP contribution in [0.2, 0.25) is 0 Å². The van der Waals surface area contributed by atoms with Crippen molar-refractivity contribution in [3.63, 3.8) is 0 Å². The number of aromatic nitrogens is 7. The van der Waals surface area contributed by atoms with Gasteiger partial charge in [-0.05, 0) is 31.0 Å². The van der Waals surface area contributed by atoms with E-state index in [-0.39, 0.29) is 24.2 Å². The first kappa shape index (κ1) is 26.4. The summed E-state index contributed by atoms with van der Waals surface area (Å²) < 4.78 is 58.1. The summed E-state index contributed by atoms with van der Waals surface area (Å²) >= 11 is 0. The average molecular weight is 564 g/mol. The average Bonchev–Trinajstić information content (AvgIpc) is 3.75. The van der Waals surface area contributed by atoms with Gasteiger partial charge in [-0.1, -0.05) is 12.1 Å². The minimum atomic E-state index is -4.54. The summed E-state index contributed by atoms with van der Waals surface area (Å²) in [6, 6.07) is 8.58. The van der Waals surface area contributed by atoms with Gasteiger partial charge in [0.15, 0.2) is 17.2 Å². The maximum Gasteiger partial charge on any atom is 0.434 e. The van der Waals surface area contributed by atoms with E-state index >= 15 is 0 Å². The molecule has 0 N–H and O–H groups in total. The molecule has 13 heteroatoms. The zero-order chi connectivity index (χ0) is 28.7. The Balaban J connectivity index is 1.35. The third-order valence-corrected chi connectivity index (χ3v) is 6.74. The third-order valence-electron chi connectivity index (χ3n) is 6.74. The number of benzene rings is 1. The standard InChI is InChI=1S/C28H24F3N7O3/c1-38-12-20(28(29,30)31)35-25(38)16-8-9-17(19(11-16)39-2)13-41-26-18-5-4-10-32-23(18)36-24(37-26)21-22(15-6-7-15)33-14-34-27(21)40-3/h4-5,8-12,14-15H,6-7,13H2,1-3H3. The summed E-state index contributed by atoms with van der Waals surface area (Å²) in [6.45, 7) is 0.0518. The Morgan fingerprint density at radius 3 is 2.51 bits per heavy atom. The van der Waals surface area contributed by atoms with Crippen LogP contribution < -0.4 is 14.2 Å². The topological polar surface area (TPSA) is 110 Å². The maximum atomic E-state index is 13.2. The highest BCUT2D eigenvalue weighted by atomic mass is 19.4. The molecule has 0 radical (unpaired) electrons. The van der Waals surface area contributed by atoms with Gasteiger partial charge < -0.3 is 18.8 Å². The fraction of sp³-hybridized carbons (Fsp3) is 0.286. The van der Waals surface area contributed by atoms with Crippen molar-refractivity contribution < 1.29 is 27.4 Å². The van der Waals surface area contributed by atoms with E-state index in [2.05, 4.69) is 24.9 Å². The molecule has 0 spiro atoms. The first-order valence-electron chi connectivity index (χ1n) is 12.7. The lowest BCUT2D eigenvalue weighted by molar-refractivity contribution is -0.140. The monoisotopic (exact) mass is 563 g/mol. The number of fused-ring (bicyclic) bond motifs is 1. The Bertz CT molecular complexity index is 1750. The van der Waals surface area contributed by atoms with Gasteiger partial charge in [0.2, 0.25) is 11.8 Å². The molecule has 1 saturated carbocycles. The fourth-order valence-electron chi connectivity index (χ4n) is 4.59. The molecule has 1 aliphatic carbocycles. The molecule has 0 bridgehead atoms. The highest BCUT2D eigenvalue weighted by Gasteiger charge is 2.35. The van der Waals surface area contributed by atoms with Crippen LogP contribution in [0.15, 0.2) is 49.1 Å². The fourth-order valence-corrected chi connectivity index (χ4v) is 4.59. The Labute approximate surface area is 232 Å². The van der Waals surface area contributed by atoms with Crippen LogP contribution in [0.1, 0.15) is 35.7 Å². The van der Waals surface area contributed by atoms with Crippen LogP contribution in [-0.2, 0) is 19.8 Å². The number of halogens is 3. The van der Waals surface area contributed by atoms with E-state index in [1.807, 2.05) is 6.07 Å². The molecule has 6 rings (SSSR count). The van der Waals surface area contributed by atoms with Gasteiger partial charge in [-0.2, -0.15) is 18.2 Å². The number of methoxy groups -OCH3 is 2. The van der Waals surface area contributed by atoms with Crippen molar-refractivity contribution in [1.82, 2.24) is 34.5 Å². The number of pyridine rings is 1. The Hall–Kier alpha value is -4.81. The van der Waals surface area contributed by atoms with Crippen molar-refractivity contribution in [2.24, 2.45) is 7.05 Å². The number of alkyl halides is 3. The lowest BCUT2D eigenvalue weighted by atomic mass is 10.1. The zero-order valence-corrected chi connectivity index (χ0v) is 22.3. The molecule has 1 fully saturated rings. The van der Waals surface area contributed by atoms with Crippen molar-refractivity contribution in [3.8, 4) is 40.3 Å². The van der Waals surface area contributed by atoms with Crippen molar-refractivity contribution in [2.45, 2.75) is 31.5 Å². The summed E-state index contributed by atoms with van der Waals surface area (Å²) in [5, 5.41) is 0.600. The molecule has 0 amide bonds. The number of hydrogen-bond donors (Lipinski definition) is 0. The van der Waals surface area contributed by atoms with Gasteiger partial charge >= 0.3 is 6.18 Å². The lowest BCUT2D eigenvalue weighted by Crippen LogP contribution is -2.06. The summed E-state index contributed by atoms with van der Waals surface area (Å²) in [4.78, 5) is 26.3. The number of aryl methyl sites for hydroxylation is 1. The van der Waals surface area contributed by atoms with E-state index in [0.29, 0.717) is 45.2 Å². The summed E-state index contributed by atoms with van der Waals surface area (Å²) in [7, 11) is 4.52. The highest BCUT2D eigenvalue weighted by Crippen LogP contribution is 2.45. The molecule has 0 aliphatic heterocycles. The molecule has 0 unspecified atom stereocenters. The zero-order valence-electron chi connectivity index (χ0n) is 22.3. The number of rotatable bonds is 8. The first-order valence-corrected chi connectivity index (χ1v) is 12.7. The van der Waals surface area contributed by atoms with Gasteiger partial charge in [-0.15, -0.1) is 0 Å². The molecular formula is C28H24F3N7O3. The van der Waals surface area contributed by atoms with Crippen molar-refractivity contribution in [1.29, 1.82) is 0 Å². The lowest BCUT2D eigenvalue weighted by Gasteiger charge is -2.15. The minimum absolute atomic E-state index is 0.0518. The molecule has 0 atom stereocenters. The summed E-state index contributed by atoms with van der Waals surface area (Å²) in [5.74, 6) is 1.85. The second kappa shape index (κ2) is 10.3. The predicted molar refractivity (Wildman–Crippen MR) is 141 cm³/mol. The van der Waals surface area contributed by atoms with Gasteiger partial charge in [0.25, 0.3) is 0 Å². The molecule has 4 aromatic heterocycles. The first-order chi connectivity index (χ1) is 19.8. The van der Waals surface area contributed by atoms with E-state index in [1.54, 1.807) is 30.5 Å². The van der Waals surface area contributed by atoms with Gasteiger partial charge in [-0.25, -0.2) is 24.9 Å². The smallest absolute Gasteiger partial charge is 0.434 e. The second-order valence-corrected chi connectivity index (χ2v) is 9.52. The Morgan fingerprint density at radius 1 is 0.976 bits per heavy atom. The summed E-state index contributed by atoms with van der Waals surface area (Å²) in [5.41, 5.74) is 2.00. The van der Waals surface area contributed by atoms with E-state index in [0.717, 1.165) is 24.7 Å². The van der Waals surface area contributed by atoms with Crippen LogP contribution in [0.4, 0.5) is 13.2 Å². The van der Waals surface area contributed by atoms with Gasteiger partial charge in [0.1, 0.15) is 30.1 Å². The van der Waals surface area contributed by atoms with E-state index in [9.17, 15) is 13.2 Å². The molecule has 1 aliphatic rings. The maximum absolute atomic E-state index is 13.2. The van der Waals surface area contributed by atoms with Gasteiger partial charge in [-0.3, -0.25) is 0 Å². The van der Waals surface area contributed by atoms with Gasteiger partial charge in [0, 0.05) is 36.5 Å². The highest BCUT2D eigenvalue weighted by molar-refractivity contribution is 5.83. The molecule has 1 aromatic carbocycles. The molecule has 0 saturated heterocycles. The number of hydrogen-bond acceptors (Lipinski definition) is 9. The summed E-state index contributed by atoms with van der Waals surface area (Å²) in [6.07, 6.45) is 1.52. The van der Waals surface area contributed by atoms with E-state index < -0.39 is 11.9 Å². The predicted octanol–water partition coefficient (Wildman–Crippen LogP) is 5.37. The van der Waals surface area contributed by atoms with Crippen LogP contribution in [0.3, 0.4) is 0 Å². The second-order valence-electron chi connectivity index (χ2n) is 9.52.